The van der Waals surface area contributed by atoms with Crippen LogP contribution in [0.2, 0.25) is 0 Å². The third kappa shape index (κ3) is 2.42. The number of aromatic amines is 1. The molecule has 0 radical (unpaired) electrons. The number of nitriles is 1. The van der Waals surface area contributed by atoms with Crippen LogP contribution < -0.4 is 5.32 Å². The summed E-state index contributed by atoms with van der Waals surface area (Å²) in [6.45, 7) is 2.55. The Labute approximate surface area is 115 Å². The van der Waals surface area contributed by atoms with Gasteiger partial charge in [0, 0.05) is 12.6 Å². The van der Waals surface area contributed by atoms with Gasteiger partial charge in [-0.25, -0.2) is 15.0 Å². The fraction of sp³-hybridized carbons (Fsp3) is 0.143. The van der Waals surface area contributed by atoms with Crippen LogP contribution in [0, 0.1) is 18.3 Å². The van der Waals surface area contributed by atoms with E-state index in [1.165, 1.54) is 6.33 Å². The summed E-state index contributed by atoms with van der Waals surface area (Å²) in [5, 5.41) is 12.0. The molecule has 1 aromatic carbocycles. The zero-order valence-corrected chi connectivity index (χ0v) is 10.9. The summed E-state index contributed by atoms with van der Waals surface area (Å²) in [5.74, 6) is 1.54. The number of H-pyrrole nitrogens is 1. The molecule has 3 rings (SSSR count). The van der Waals surface area contributed by atoms with Gasteiger partial charge in [-0.05, 0) is 24.6 Å². The number of nitrogens with one attached hydrogen (secondary N) is 2. The second-order valence-electron chi connectivity index (χ2n) is 4.43. The minimum absolute atomic E-state index is 0.349. The zero-order chi connectivity index (χ0) is 13.9. The molecule has 2 heterocycles. The molecule has 0 saturated carbocycles. The molecule has 0 bridgehead atoms. The van der Waals surface area contributed by atoms with Crippen molar-refractivity contribution in [1.82, 2.24) is 19.9 Å². The Morgan fingerprint density at radius 2 is 2.20 bits per heavy atom. The number of hydrogen-bond donors (Lipinski definition) is 2. The van der Waals surface area contributed by atoms with Crippen LogP contribution >= 0.6 is 0 Å². The summed E-state index contributed by atoms with van der Waals surface area (Å²) in [6, 6.07) is 9.66. The number of nitrogens with zero attached hydrogens (tertiary/aromatic N) is 4. The van der Waals surface area contributed by atoms with Gasteiger partial charge in [-0.1, -0.05) is 6.07 Å². The number of hydrogen-bond acceptors (Lipinski definition) is 5. The first-order valence-corrected chi connectivity index (χ1v) is 6.16. The number of anilines is 1. The fourth-order valence-electron chi connectivity index (χ4n) is 2.00. The topological polar surface area (TPSA) is 90.3 Å². The van der Waals surface area contributed by atoms with Gasteiger partial charge in [-0.3, -0.25) is 0 Å². The molecule has 20 heavy (non-hydrogen) atoms. The molecular weight excluding hydrogens is 252 g/mol. The third-order valence-corrected chi connectivity index (χ3v) is 2.92. The van der Waals surface area contributed by atoms with Gasteiger partial charge in [0.2, 0.25) is 0 Å². The number of imidazole rings is 1. The van der Waals surface area contributed by atoms with E-state index < -0.39 is 0 Å². The molecule has 6 nitrogen and oxygen atoms in total. The number of fused-ring (bicyclic) bond motifs is 1. The molecule has 0 amide bonds. The van der Waals surface area contributed by atoms with Crippen molar-refractivity contribution in [3.63, 3.8) is 0 Å². The van der Waals surface area contributed by atoms with E-state index in [4.69, 9.17) is 5.26 Å². The molecule has 0 aliphatic rings. The van der Waals surface area contributed by atoms with E-state index in [2.05, 4.69) is 31.3 Å². The Bertz CT molecular complexity index is 799. The Kier molecular flexibility index (Phi) is 3.01. The van der Waals surface area contributed by atoms with Gasteiger partial charge in [0.15, 0.2) is 0 Å². The zero-order valence-electron chi connectivity index (χ0n) is 10.9. The van der Waals surface area contributed by atoms with Gasteiger partial charge in [0.1, 0.15) is 29.7 Å². The Morgan fingerprint density at radius 3 is 3.05 bits per heavy atom. The van der Waals surface area contributed by atoms with Gasteiger partial charge in [0.05, 0.1) is 11.0 Å². The summed E-state index contributed by atoms with van der Waals surface area (Å²) >= 11 is 0. The van der Waals surface area contributed by atoms with Crippen molar-refractivity contribution in [3.05, 3.63) is 47.7 Å². The molecule has 3 aromatic rings. The van der Waals surface area contributed by atoms with E-state index in [0.29, 0.717) is 18.1 Å². The molecule has 0 fully saturated rings. The number of aryl methyl sites for hydroxylation is 1. The van der Waals surface area contributed by atoms with E-state index in [1.807, 2.05) is 25.1 Å². The monoisotopic (exact) mass is 264 g/mol. The minimum Gasteiger partial charge on any atom is -0.366 e. The predicted molar refractivity (Wildman–Crippen MR) is 74.9 cm³/mol. The first-order chi connectivity index (χ1) is 9.74. The van der Waals surface area contributed by atoms with Crippen molar-refractivity contribution in [2.75, 3.05) is 5.32 Å². The molecule has 0 saturated heterocycles. The Morgan fingerprint density at radius 1 is 1.30 bits per heavy atom. The maximum absolute atomic E-state index is 8.79. The van der Waals surface area contributed by atoms with Crippen LogP contribution in [-0.4, -0.2) is 19.9 Å². The van der Waals surface area contributed by atoms with E-state index in [9.17, 15) is 0 Å². The highest BCUT2D eigenvalue weighted by Crippen LogP contribution is 2.14. The van der Waals surface area contributed by atoms with Crippen LogP contribution in [0.1, 0.15) is 17.1 Å². The fourth-order valence-corrected chi connectivity index (χ4v) is 2.00. The first-order valence-electron chi connectivity index (χ1n) is 6.16. The predicted octanol–water partition coefficient (Wildman–Crippen LogP) is 2.15. The number of aromatic nitrogens is 4. The lowest BCUT2D eigenvalue weighted by molar-refractivity contribution is 1.07. The van der Waals surface area contributed by atoms with Crippen molar-refractivity contribution < 1.29 is 0 Å². The van der Waals surface area contributed by atoms with Gasteiger partial charge in [-0.2, -0.15) is 5.26 Å². The lowest BCUT2D eigenvalue weighted by Gasteiger charge is -2.05. The molecule has 98 valence electrons. The van der Waals surface area contributed by atoms with Crippen molar-refractivity contribution in [1.29, 1.82) is 5.26 Å². The number of benzene rings is 1. The summed E-state index contributed by atoms with van der Waals surface area (Å²) in [6.07, 6.45) is 1.38. The van der Waals surface area contributed by atoms with E-state index >= 15 is 0 Å². The Balaban J connectivity index is 1.77. The van der Waals surface area contributed by atoms with Crippen LogP contribution in [0.25, 0.3) is 11.0 Å². The highest BCUT2D eigenvalue weighted by Gasteiger charge is 2.02. The SMILES string of the molecule is Cc1nc2ccc(CNc3cc(C#N)ncn3)cc2[nH]1. The average Bonchev–Trinajstić information content (AvgIpc) is 2.84. The molecule has 0 aliphatic heterocycles. The average molecular weight is 264 g/mol. The lowest BCUT2D eigenvalue weighted by atomic mass is 10.2. The van der Waals surface area contributed by atoms with Gasteiger partial charge < -0.3 is 10.3 Å². The van der Waals surface area contributed by atoms with Crippen molar-refractivity contribution in [2.24, 2.45) is 0 Å². The number of rotatable bonds is 3. The standard InChI is InChI=1S/C14H12N6/c1-9-19-12-3-2-10(4-13(12)20-9)7-16-14-5-11(6-15)17-8-18-14/h2-5,8H,7H2,1H3,(H,19,20)(H,16,17,18). The first kappa shape index (κ1) is 12.1. The van der Waals surface area contributed by atoms with Crippen LogP contribution in [0.3, 0.4) is 0 Å². The molecule has 0 atom stereocenters. The van der Waals surface area contributed by atoms with E-state index in [-0.39, 0.29) is 0 Å². The van der Waals surface area contributed by atoms with Crippen molar-refractivity contribution >= 4 is 16.9 Å². The van der Waals surface area contributed by atoms with Crippen molar-refractivity contribution in [3.8, 4) is 6.07 Å². The maximum Gasteiger partial charge on any atom is 0.145 e. The molecule has 2 N–H and O–H groups in total. The molecule has 0 aliphatic carbocycles. The van der Waals surface area contributed by atoms with Gasteiger partial charge in [0.25, 0.3) is 0 Å². The lowest BCUT2D eigenvalue weighted by Crippen LogP contribution is -2.02. The third-order valence-electron chi connectivity index (χ3n) is 2.92. The van der Waals surface area contributed by atoms with Gasteiger partial charge >= 0.3 is 0 Å². The van der Waals surface area contributed by atoms with Crippen LogP contribution in [0.5, 0.6) is 0 Å². The van der Waals surface area contributed by atoms with Crippen molar-refractivity contribution in [2.45, 2.75) is 13.5 Å². The Hall–Kier alpha value is -2.94. The van der Waals surface area contributed by atoms with Crippen LogP contribution in [0.15, 0.2) is 30.6 Å². The minimum atomic E-state index is 0.349. The smallest absolute Gasteiger partial charge is 0.145 e. The summed E-state index contributed by atoms with van der Waals surface area (Å²) in [4.78, 5) is 15.5. The van der Waals surface area contributed by atoms with Crippen LogP contribution in [0.4, 0.5) is 5.82 Å². The van der Waals surface area contributed by atoms with E-state index in [1.54, 1.807) is 6.07 Å². The second kappa shape index (κ2) is 4.97. The molecule has 6 heteroatoms. The maximum atomic E-state index is 8.79. The van der Waals surface area contributed by atoms with Gasteiger partial charge in [-0.15, -0.1) is 0 Å². The van der Waals surface area contributed by atoms with Crippen LogP contribution in [-0.2, 0) is 6.54 Å². The molecule has 2 aromatic heterocycles. The molecule has 0 spiro atoms. The second-order valence-corrected chi connectivity index (χ2v) is 4.43. The molecular formula is C14H12N6. The summed E-state index contributed by atoms with van der Waals surface area (Å²) in [5.41, 5.74) is 3.43. The largest absolute Gasteiger partial charge is 0.366 e. The summed E-state index contributed by atoms with van der Waals surface area (Å²) < 4.78 is 0. The normalized spacial score (nSPS) is 10.4. The highest BCUT2D eigenvalue weighted by atomic mass is 15.0. The quantitative estimate of drug-likeness (QED) is 0.756. The molecule has 0 unspecified atom stereocenters. The summed E-state index contributed by atoms with van der Waals surface area (Å²) in [7, 11) is 0. The highest BCUT2D eigenvalue weighted by molar-refractivity contribution is 5.75. The van der Waals surface area contributed by atoms with E-state index in [0.717, 1.165) is 22.4 Å².